The number of benzene rings is 1. The van der Waals surface area contributed by atoms with Crippen molar-refractivity contribution in [1.82, 2.24) is 4.90 Å². The molecule has 16 heavy (non-hydrogen) atoms. The molecular formula is C12H8N4. The van der Waals surface area contributed by atoms with Gasteiger partial charge in [-0.05, 0) is 12.1 Å². The third-order valence-corrected chi connectivity index (χ3v) is 2.91. The highest BCUT2D eigenvalue weighted by Crippen LogP contribution is 2.36. The maximum atomic E-state index is 4.60. The third-order valence-electron chi connectivity index (χ3n) is 2.91. The summed E-state index contributed by atoms with van der Waals surface area (Å²) in [5.74, 6) is 1.72. The van der Waals surface area contributed by atoms with Gasteiger partial charge < -0.3 is 0 Å². The number of amidine groups is 1. The summed E-state index contributed by atoms with van der Waals surface area (Å²) in [6.45, 7) is 0.623. The number of para-hydroxylation sites is 1. The first-order valence-corrected chi connectivity index (χ1v) is 5.19. The van der Waals surface area contributed by atoms with Crippen molar-refractivity contribution in [2.75, 3.05) is 6.54 Å². The number of allylic oxidation sites excluding steroid dienone is 1. The first kappa shape index (κ1) is 7.98. The molecule has 76 valence electrons. The summed E-state index contributed by atoms with van der Waals surface area (Å²) in [4.78, 5) is 15.2. The molecule has 0 saturated heterocycles. The van der Waals surface area contributed by atoms with Crippen LogP contribution >= 0.6 is 0 Å². The van der Waals surface area contributed by atoms with Gasteiger partial charge in [-0.1, -0.05) is 18.2 Å². The number of fused-ring (bicyclic) bond motifs is 2. The van der Waals surface area contributed by atoms with Crippen molar-refractivity contribution >= 4 is 29.4 Å². The minimum absolute atomic E-state index is 0.623. The molecule has 0 N–H and O–H groups in total. The number of guanidine groups is 1. The van der Waals surface area contributed by atoms with Crippen molar-refractivity contribution in [2.45, 2.75) is 0 Å². The maximum Gasteiger partial charge on any atom is 0.231 e. The van der Waals surface area contributed by atoms with Crippen LogP contribution in [0.5, 0.6) is 0 Å². The van der Waals surface area contributed by atoms with Crippen molar-refractivity contribution in [3.63, 3.8) is 0 Å². The van der Waals surface area contributed by atoms with Crippen LogP contribution < -0.4 is 0 Å². The number of rotatable bonds is 0. The van der Waals surface area contributed by atoms with Crippen LogP contribution in [0.15, 0.2) is 45.3 Å². The fraction of sp³-hybridized carbons (Fsp3) is 0.0833. The van der Waals surface area contributed by atoms with Crippen molar-refractivity contribution in [3.05, 3.63) is 35.9 Å². The Labute approximate surface area is 92.4 Å². The SMILES string of the molecule is C1=NC2=NCC3=Nc4ccccc4C(=C1)N32. The Kier molecular flexibility index (Phi) is 1.33. The van der Waals surface area contributed by atoms with Crippen molar-refractivity contribution in [2.24, 2.45) is 15.0 Å². The molecule has 1 aromatic carbocycles. The largest absolute Gasteiger partial charge is 0.264 e. The zero-order valence-electron chi connectivity index (χ0n) is 8.46. The average molecular weight is 208 g/mol. The van der Waals surface area contributed by atoms with Crippen molar-refractivity contribution in [1.29, 1.82) is 0 Å². The molecule has 0 aliphatic carbocycles. The average Bonchev–Trinajstić information content (AvgIpc) is 2.75. The lowest BCUT2D eigenvalue weighted by atomic mass is 10.1. The molecule has 0 spiro atoms. The standard InChI is InChI=1S/C12H8N4/c1-2-4-9-8(3-1)10-5-6-13-12-14-7-11(15-9)16(10)12/h1-6H,7H2. The number of nitrogens with zero attached hydrogens (tertiary/aromatic N) is 4. The Hall–Kier alpha value is -2.23. The minimum Gasteiger partial charge on any atom is -0.264 e. The first-order chi connectivity index (χ1) is 7.93. The van der Waals surface area contributed by atoms with Gasteiger partial charge in [-0.3, -0.25) is 4.90 Å². The van der Waals surface area contributed by atoms with Gasteiger partial charge in [0.25, 0.3) is 0 Å². The van der Waals surface area contributed by atoms with Crippen LogP contribution in [0.2, 0.25) is 0 Å². The molecule has 1 aromatic rings. The Bertz CT molecular complexity index is 607. The molecule has 3 aliphatic heterocycles. The van der Waals surface area contributed by atoms with Gasteiger partial charge in [0.1, 0.15) is 12.4 Å². The van der Waals surface area contributed by atoms with E-state index in [4.69, 9.17) is 0 Å². The van der Waals surface area contributed by atoms with E-state index in [1.807, 2.05) is 29.2 Å². The molecule has 0 atom stereocenters. The van der Waals surface area contributed by atoms with Crippen molar-refractivity contribution < 1.29 is 0 Å². The lowest BCUT2D eigenvalue weighted by Crippen LogP contribution is -2.34. The summed E-state index contributed by atoms with van der Waals surface area (Å²) in [5.41, 5.74) is 3.30. The van der Waals surface area contributed by atoms with Gasteiger partial charge in [-0.25, -0.2) is 15.0 Å². The van der Waals surface area contributed by atoms with E-state index in [-0.39, 0.29) is 0 Å². The Balaban J connectivity index is 2.05. The minimum atomic E-state index is 0.623. The Morgan fingerprint density at radius 1 is 1.19 bits per heavy atom. The van der Waals surface area contributed by atoms with Crippen LogP contribution in [0.4, 0.5) is 5.69 Å². The lowest BCUT2D eigenvalue weighted by Gasteiger charge is -2.28. The van der Waals surface area contributed by atoms with E-state index >= 15 is 0 Å². The zero-order chi connectivity index (χ0) is 10.5. The second-order valence-corrected chi connectivity index (χ2v) is 3.83. The predicted molar refractivity (Wildman–Crippen MR) is 64.1 cm³/mol. The smallest absolute Gasteiger partial charge is 0.231 e. The second-order valence-electron chi connectivity index (χ2n) is 3.83. The van der Waals surface area contributed by atoms with Crippen LogP contribution in [0.1, 0.15) is 5.56 Å². The van der Waals surface area contributed by atoms with Crippen LogP contribution in [-0.2, 0) is 0 Å². The van der Waals surface area contributed by atoms with Crippen LogP contribution in [0.25, 0.3) is 5.70 Å². The van der Waals surface area contributed by atoms with Crippen LogP contribution in [0.3, 0.4) is 0 Å². The number of hydrogen-bond acceptors (Lipinski definition) is 4. The molecule has 0 amide bonds. The first-order valence-electron chi connectivity index (χ1n) is 5.19. The highest BCUT2D eigenvalue weighted by atomic mass is 15.4. The molecule has 3 heterocycles. The van der Waals surface area contributed by atoms with Gasteiger partial charge in [0, 0.05) is 11.8 Å². The third kappa shape index (κ3) is 0.863. The summed E-state index contributed by atoms with van der Waals surface area (Å²) in [7, 11) is 0. The van der Waals surface area contributed by atoms with Crippen molar-refractivity contribution in [3.8, 4) is 0 Å². The molecule has 0 aromatic heterocycles. The lowest BCUT2D eigenvalue weighted by molar-refractivity contribution is 0.851. The molecular weight excluding hydrogens is 200 g/mol. The van der Waals surface area contributed by atoms with E-state index in [1.165, 1.54) is 0 Å². The Morgan fingerprint density at radius 3 is 3.12 bits per heavy atom. The molecule has 3 aliphatic rings. The topological polar surface area (TPSA) is 40.3 Å². The Morgan fingerprint density at radius 2 is 2.12 bits per heavy atom. The summed E-state index contributed by atoms with van der Waals surface area (Å²) in [5, 5.41) is 0. The molecule has 0 radical (unpaired) electrons. The summed E-state index contributed by atoms with van der Waals surface area (Å²) in [6, 6.07) is 8.15. The molecule has 0 bridgehead atoms. The molecule has 0 fully saturated rings. The fourth-order valence-electron chi connectivity index (χ4n) is 2.22. The highest BCUT2D eigenvalue weighted by Gasteiger charge is 2.33. The second kappa shape index (κ2) is 2.66. The van der Waals surface area contributed by atoms with Gasteiger partial charge in [0.15, 0.2) is 0 Å². The normalized spacial score (nSPS) is 19.8. The highest BCUT2D eigenvalue weighted by molar-refractivity contribution is 6.20. The number of hydrogen-bond donors (Lipinski definition) is 0. The molecule has 0 unspecified atom stereocenters. The van der Waals surface area contributed by atoms with Gasteiger partial charge in [0.05, 0.1) is 11.4 Å². The molecule has 4 rings (SSSR count). The summed E-state index contributed by atoms with van der Waals surface area (Å²) >= 11 is 0. The van der Waals surface area contributed by atoms with Crippen LogP contribution in [-0.4, -0.2) is 29.5 Å². The summed E-state index contributed by atoms with van der Waals surface area (Å²) in [6.07, 6.45) is 3.81. The fourth-order valence-corrected chi connectivity index (χ4v) is 2.22. The number of aliphatic imine (C=N–C) groups is 3. The van der Waals surface area contributed by atoms with Crippen LogP contribution in [0, 0.1) is 0 Å². The van der Waals surface area contributed by atoms with Gasteiger partial charge in [-0.2, -0.15) is 0 Å². The van der Waals surface area contributed by atoms with E-state index in [1.54, 1.807) is 6.21 Å². The quantitative estimate of drug-likeness (QED) is 0.641. The van der Waals surface area contributed by atoms with Gasteiger partial charge in [0.2, 0.25) is 5.96 Å². The zero-order valence-corrected chi connectivity index (χ0v) is 8.46. The molecule has 4 heteroatoms. The van der Waals surface area contributed by atoms with Gasteiger partial charge in [-0.15, -0.1) is 0 Å². The summed E-state index contributed by atoms with van der Waals surface area (Å²) < 4.78 is 0. The van der Waals surface area contributed by atoms with E-state index in [0.717, 1.165) is 28.7 Å². The van der Waals surface area contributed by atoms with E-state index in [0.29, 0.717) is 6.54 Å². The predicted octanol–water partition coefficient (Wildman–Crippen LogP) is 1.83. The monoisotopic (exact) mass is 208 g/mol. The molecule has 4 nitrogen and oxygen atoms in total. The van der Waals surface area contributed by atoms with E-state index in [2.05, 4.69) is 21.0 Å². The maximum absolute atomic E-state index is 4.60. The van der Waals surface area contributed by atoms with Gasteiger partial charge >= 0.3 is 0 Å². The molecule has 0 saturated carbocycles. The van der Waals surface area contributed by atoms with E-state index < -0.39 is 0 Å². The van der Waals surface area contributed by atoms with E-state index in [9.17, 15) is 0 Å².